The maximum absolute atomic E-state index is 13.6. The first-order valence-corrected chi connectivity index (χ1v) is 13.1. The van der Waals surface area contributed by atoms with Crippen LogP contribution in [0, 0.1) is 11.6 Å². The lowest BCUT2D eigenvalue weighted by atomic mass is 10.0. The zero-order valence-corrected chi connectivity index (χ0v) is 22.4. The molecule has 0 unspecified atom stereocenters. The summed E-state index contributed by atoms with van der Waals surface area (Å²) >= 11 is 0. The molecule has 0 heterocycles. The van der Waals surface area contributed by atoms with E-state index in [1.165, 1.54) is 17.0 Å². The Bertz CT molecular complexity index is 1330. The van der Waals surface area contributed by atoms with Gasteiger partial charge in [-0.05, 0) is 53.8 Å². The molecule has 0 aliphatic heterocycles. The number of nitrogens with zero attached hydrogens (tertiary/aromatic N) is 1. The van der Waals surface area contributed by atoms with Gasteiger partial charge in [0.1, 0.15) is 11.6 Å². The standard InChI is InChI=1S/C30H32F5N3O3/c1-2-19-6-5-7-20(12-19)17-38(18-27(39)25(36)15-21-13-22(31)16-23(32)14-21)29(41)11-10-28(40)37-26-9-4-3-8-24(26)30(33,34)35/h3-9,12-14,16,25,27,39H,2,10-11,15,17-18,36H2,1H3,(H,37,40)/t25-,27+/m0/s1. The van der Waals surface area contributed by atoms with E-state index in [1.807, 2.05) is 25.1 Å². The van der Waals surface area contributed by atoms with Crippen molar-refractivity contribution in [2.24, 2.45) is 5.73 Å². The van der Waals surface area contributed by atoms with E-state index < -0.39 is 59.4 Å². The van der Waals surface area contributed by atoms with Crippen molar-refractivity contribution in [3.8, 4) is 0 Å². The number of halogens is 5. The van der Waals surface area contributed by atoms with Gasteiger partial charge in [-0.15, -0.1) is 0 Å². The van der Waals surface area contributed by atoms with Gasteiger partial charge in [0.2, 0.25) is 11.8 Å². The molecule has 0 aliphatic rings. The Balaban J connectivity index is 1.70. The molecule has 2 atom stereocenters. The van der Waals surface area contributed by atoms with E-state index in [-0.39, 0.29) is 31.5 Å². The Kier molecular flexibility index (Phi) is 11.0. The minimum Gasteiger partial charge on any atom is -0.390 e. The molecule has 0 spiro atoms. The molecule has 3 rings (SSSR count). The molecule has 0 saturated carbocycles. The number of carbonyl (C=O) groups is 2. The summed E-state index contributed by atoms with van der Waals surface area (Å²) in [5.74, 6) is -2.89. The Morgan fingerprint density at radius 2 is 1.59 bits per heavy atom. The SMILES string of the molecule is CCc1cccc(CN(C[C@@H](O)[C@@H](N)Cc2cc(F)cc(F)c2)C(=O)CCC(=O)Nc2ccccc2C(F)(F)F)c1. The Hall–Kier alpha value is -3.83. The van der Waals surface area contributed by atoms with Crippen LogP contribution in [0.4, 0.5) is 27.6 Å². The average Bonchev–Trinajstić information content (AvgIpc) is 2.90. The van der Waals surface area contributed by atoms with Gasteiger partial charge in [0.15, 0.2) is 0 Å². The average molecular weight is 578 g/mol. The Morgan fingerprint density at radius 3 is 2.24 bits per heavy atom. The van der Waals surface area contributed by atoms with Crippen LogP contribution in [0.15, 0.2) is 66.7 Å². The summed E-state index contributed by atoms with van der Waals surface area (Å²) in [5, 5.41) is 13.0. The van der Waals surface area contributed by atoms with E-state index in [4.69, 9.17) is 5.73 Å². The molecular formula is C30H32F5N3O3. The topological polar surface area (TPSA) is 95.7 Å². The normalized spacial score (nSPS) is 13.0. The molecule has 0 saturated heterocycles. The van der Waals surface area contributed by atoms with Gasteiger partial charge in [-0.25, -0.2) is 8.78 Å². The second kappa shape index (κ2) is 14.2. The first-order chi connectivity index (χ1) is 19.3. The minimum atomic E-state index is -4.67. The highest BCUT2D eigenvalue weighted by molar-refractivity contribution is 5.94. The summed E-state index contributed by atoms with van der Waals surface area (Å²) in [6, 6.07) is 13.9. The van der Waals surface area contributed by atoms with Crippen LogP contribution in [0.2, 0.25) is 0 Å². The molecule has 11 heteroatoms. The van der Waals surface area contributed by atoms with Crippen molar-refractivity contribution in [3.05, 3.63) is 101 Å². The molecule has 0 aromatic heterocycles. The number of aliphatic hydroxyl groups excluding tert-OH is 1. The van der Waals surface area contributed by atoms with Crippen molar-refractivity contribution in [3.63, 3.8) is 0 Å². The summed E-state index contributed by atoms with van der Waals surface area (Å²) in [6.45, 7) is 1.80. The highest BCUT2D eigenvalue weighted by atomic mass is 19.4. The van der Waals surface area contributed by atoms with Gasteiger partial charge in [0.05, 0.1) is 17.4 Å². The lowest BCUT2D eigenvalue weighted by Gasteiger charge is -2.28. The number of aliphatic hydroxyl groups is 1. The van der Waals surface area contributed by atoms with Crippen LogP contribution >= 0.6 is 0 Å². The monoisotopic (exact) mass is 577 g/mol. The van der Waals surface area contributed by atoms with Gasteiger partial charge in [-0.2, -0.15) is 13.2 Å². The number of carbonyl (C=O) groups excluding carboxylic acids is 2. The molecule has 2 amide bonds. The van der Waals surface area contributed by atoms with E-state index in [1.54, 1.807) is 6.07 Å². The second-order valence-corrected chi connectivity index (χ2v) is 9.75. The largest absolute Gasteiger partial charge is 0.418 e. The number of nitrogens with two attached hydrogens (primary N) is 1. The number of hydrogen-bond donors (Lipinski definition) is 3. The van der Waals surface area contributed by atoms with Crippen molar-refractivity contribution in [1.82, 2.24) is 4.90 Å². The molecule has 3 aromatic carbocycles. The van der Waals surface area contributed by atoms with Gasteiger partial charge in [0, 0.05) is 38.0 Å². The van der Waals surface area contributed by atoms with Gasteiger partial charge in [-0.1, -0.05) is 43.3 Å². The molecule has 0 aliphatic carbocycles. The van der Waals surface area contributed by atoms with Crippen molar-refractivity contribution in [2.45, 2.75) is 57.5 Å². The number of nitrogens with one attached hydrogen (secondary N) is 1. The van der Waals surface area contributed by atoms with Crippen LogP contribution in [-0.4, -0.2) is 40.5 Å². The lowest BCUT2D eigenvalue weighted by molar-refractivity contribution is -0.137. The predicted molar refractivity (Wildman–Crippen MR) is 145 cm³/mol. The van der Waals surface area contributed by atoms with Crippen LogP contribution in [0.1, 0.15) is 42.0 Å². The fraction of sp³-hybridized carbons (Fsp3) is 0.333. The van der Waals surface area contributed by atoms with Crippen LogP contribution in [0.5, 0.6) is 0 Å². The number of alkyl halides is 3. The maximum Gasteiger partial charge on any atom is 0.418 e. The molecule has 0 fully saturated rings. The Morgan fingerprint density at radius 1 is 0.927 bits per heavy atom. The van der Waals surface area contributed by atoms with Gasteiger partial charge in [-0.3, -0.25) is 9.59 Å². The summed E-state index contributed by atoms with van der Waals surface area (Å²) in [5.41, 5.74) is 6.69. The fourth-order valence-corrected chi connectivity index (χ4v) is 4.35. The first-order valence-electron chi connectivity index (χ1n) is 13.1. The van der Waals surface area contributed by atoms with Gasteiger partial charge in [0.25, 0.3) is 0 Å². The minimum absolute atomic E-state index is 0.0653. The van der Waals surface area contributed by atoms with Crippen molar-refractivity contribution < 1.29 is 36.6 Å². The van der Waals surface area contributed by atoms with Crippen molar-refractivity contribution in [2.75, 3.05) is 11.9 Å². The lowest BCUT2D eigenvalue weighted by Crippen LogP contribution is -2.46. The summed E-state index contributed by atoms with van der Waals surface area (Å²) in [6.07, 6.45) is -6.02. The van der Waals surface area contributed by atoms with Crippen LogP contribution < -0.4 is 11.1 Å². The summed E-state index contributed by atoms with van der Waals surface area (Å²) in [7, 11) is 0. The maximum atomic E-state index is 13.6. The molecule has 6 nitrogen and oxygen atoms in total. The van der Waals surface area contributed by atoms with Crippen LogP contribution in [0.25, 0.3) is 0 Å². The molecular weight excluding hydrogens is 545 g/mol. The zero-order chi connectivity index (χ0) is 30.2. The second-order valence-electron chi connectivity index (χ2n) is 9.75. The van der Waals surface area contributed by atoms with Crippen LogP contribution in [0.3, 0.4) is 0 Å². The van der Waals surface area contributed by atoms with Crippen LogP contribution in [-0.2, 0) is 35.2 Å². The highest BCUT2D eigenvalue weighted by Gasteiger charge is 2.33. The number of aryl methyl sites for hydroxylation is 1. The van der Waals surface area contributed by atoms with E-state index in [0.29, 0.717) is 6.07 Å². The number of rotatable bonds is 12. The number of anilines is 1. The predicted octanol–water partition coefficient (Wildman–Crippen LogP) is 5.22. The van der Waals surface area contributed by atoms with Crippen molar-refractivity contribution >= 4 is 17.5 Å². The highest BCUT2D eigenvalue weighted by Crippen LogP contribution is 2.34. The third kappa shape index (κ3) is 9.65. The van der Waals surface area contributed by atoms with Gasteiger partial charge >= 0.3 is 6.18 Å². The van der Waals surface area contributed by atoms with Crippen molar-refractivity contribution in [1.29, 1.82) is 0 Å². The fourth-order valence-electron chi connectivity index (χ4n) is 4.35. The smallest absolute Gasteiger partial charge is 0.390 e. The molecule has 3 aromatic rings. The van der Waals surface area contributed by atoms with E-state index in [2.05, 4.69) is 5.32 Å². The quantitative estimate of drug-likeness (QED) is 0.257. The summed E-state index contributed by atoms with van der Waals surface area (Å²) < 4.78 is 66.9. The molecule has 4 N–H and O–H groups in total. The summed E-state index contributed by atoms with van der Waals surface area (Å²) in [4.78, 5) is 27.0. The molecule has 0 radical (unpaired) electrons. The number of amides is 2. The Labute approximate surface area is 235 Å². The van der Waals surface area contributed by atoms with E-state index in [9.17, 15) is 36.6 Å². The van der Waals surface area contributed by atoms with E-state index in [0.717, 1.165) is 41.8 Å². The van der Waals surface area contributed by atoms with Gasteiger partial charge < -0.3 is 21.1 Å². The molecule has 220 valence electrons. The first kappa shape index (κ1) is 31.7. The third-order valence-corrected chi connectivity index (χ3v) is 6.49. The third-order valence-electron chi connectivity index (χ3n) is 6.49. The zero-order valence-electron chi connectivity index (χ0n) is 22.4. The number of para-hydroxylation sites is 1. The van der Waals surface area contributed by atoms with E-state index >= 15 is 0 Å². The molecule has 0 bridgehead atoms. The number of hydrogen-bond acceptors (Lipinski definition) is 4. The molecule has 41 heavy (non-hydrogen) atoms. The number of benzene rings is 3.